The Kier molecular flexibility index (Phi) is 3.43. The van der Waals surface area contributed by atoms with Gasteiger partial charge in [-0.1, -0.05) is 25.1 Å². The zero-order valence-corrected chi connectivity index (χ0v) is 9.63. The highest BCUT2D eigenvalue weighted by molar-refractivity contribution is 5.32. The molecule has 0 spiro atoms. The van der Waals surface area contributed by atoms with Crippen molar-refractivity contribution in [3.8, 4) is 0 Å². The van der Waals surface area contributed by atoms with E-state index < -0.39 is 17.8 Å². The summed E-state index contributed by atoms with van der Waals surface area (Å²) in [5.41, 5.74) is -0.294. The molecule has 4 heteroatoms. The summed E-state index contributed by atoms with van der Waals surface area (Å²) in [4.78, 5) is 0. The minimum atomic E-state index is -4.30. The fraction of sp³-hybridized carbons (Fsp3) is 0.538. The second kappa shape index (κ2) is 4.69. The van der Waals surface area contributed by atoms with E-state index in [2.05, 4.69) is 0 Å². The summed E-state index contributed by atoms with van der Waals surface area (Å²) in [5, 5.41) is 0. The van der Waals surface area contributed by atoms with Gasteiger partial charge in [-0.3, -0.25) is 0 Å². The van der Waals surface area contributed by atoms with Crippen LogP contribution in [0.15, 0.2) is 24.3 Å². The lowest BCUT2D eigenvalue weighted by molar-refractivity contribution is -0.139. The molecule has 1 nitrogen and oxygen atoms in total. The van der Waals surface area contributed by atoms with Crippen molar-refractivity contribution in [2.75, 3.05) is 0 Å². The Balaban J connectivity index is 2.27. The quantitative estimate of drug-likeness (QED) is 0.752. The van der Waals surface area contributed by atoms with E-state index in [1.807, 2.05) is 6.92 Å². The lowest BCUT2D eigenvalue weighted by Crippen LogP contribution is -2.12. The number of rotatable bonds is 2. The number of benzene rings is 1. The first kappa shape index (κ1) is 12.4. The van der Waals surface area contributed by atoms with E-state index in [1.54, 1.807) is 6.07 Å². The maximum Gasteiger partial charge on any atom is 0.416 e. The van der Waals surface area contributed by atoms with Crippen molar-refractivity contribution in [1.29, 1.82) is 0 Å². The van der Waals surface area contributed by atoms with Gasteiger partial charge in [0, 0.05) is 0 Å². The highest BCUT2D eigenvalue weighted by atomic mass is 19.4. The molecule has 0 aliphatic carbocycles. The average Bonchev–Trinajstić information content (AvgIpc) is 2.76. The molecule has 1 saturated heterocycles. The molecule has 0 saturated carbocycles. The molecule has 0 amide bonds. The first-order valence-corrected chi connectivity index (χ1v) is 5.84. The summed E-state index contributed by atoms with van der Waals surface area (Å²) in [6.07, 6.45) is -2.24. The van der Waals surface area contributed by atoms with Crippen LogP contribution in [0.1, 0.15) is 43.4 Å². The van der Waals surface area contributed by atoms with Gasteiger partial charge in [-0.15, -0.1) is 0 Å². The monoisotopic (exact) mass is 244 g/mol. The Bertz CT molecular complexity index is 386. The van der Waals surface area contributed by atoms with Gasteiger partial charge in [-0.2, -0.15) is 13.2 Å². The van der Waals surface area contributed by atoms with Gasteiger partial charge in [-0.05, 0) is 30.9 Å². The van der Waals surface area contributed by atoms with E-state index in [0.717, 1.165) is 18.9 Å². The van der Waals surface area contributed by atoms with Crippen molar-refractivity contribution < 1.29 is 17.9 Å². The zero-order chi connectivity index (χ0) is 12.5. The first-order valence-electron chi connectivity index (χ1n) is 5.84. The third-order valence-electron chi connectivity index (χ3n) is 3.18. The molecule has 2 rings (SSSR count). The number of hydrogen-bond acceptors (Lipinski definition) is 1. The molecule has 1 aliphatic heterocycles. The highest BCUT2D eigenvalue weighted by Gasteiger charge is 2.37. The minimum Gasteiger partial charge on any atom is -0.370 e. The van der Waals surface area contributed by atoms with Crippen LogP contribution in [-0.4, -0.2) is 6.10 Å². The highest BCUT2D eigenvalue weighted by Crippen LogP contribution is 2.40. The summed E-state index contributed by atoms with van der Waals surface area (Å²) in [6, 6.07) is 5.69. The number of ether oxygens (including phenoxy) is 1. The number of hydrogen-bond donors (Lipinski definition) is 0. The van der Waals surface area contributed by atoms with Crippen LogP contribution in [0.5, 0.6) is 0 Å². The molecule has 0 bridgehead atoms. The first-order chi connectivity index (χ1) is 8.02. The number of halogens is 3. The Morgan fingerprint density at radius 1 is 1.24 bits per heavy atom. The van der Waals surface area contributed by atoms with Gasteiger partial charge in [0.1, 0.15) is 0 Å². The van der Waals surface area contributed by atoms with Crippen molar-refractivity contribution in [3.63, 3.8) is 0 Å². The summed E-state index contributed by atoms with van der Waals surface area (Å²) in [7, 11) is 0. The smallest absolute Gasteiger partial charge is 0.370 e. The second-order valence-corrected chi connectivity index (χ2v) is 4.32. The zero-order valence-electron chi connectivity index (χ0n) is 9.63. The van der Waals surface area contributed by atoms with Crippen LogP contribution in [0.2, 0.25) is 0 Å². The summed E-state index contributed by atoms with van der Waals surface area (Å²) < 4.78 is 44.1. The van der Waals surface area contributed by atoms with Gasteiger partial charge in [0.25, 0.3) is 0 Å². The molecule has 0 aromatic heterocycles. The molecule has 0 N–H and O–H groups in total. The maximum absolute atomic E-state index is 12.8. The Morgan fingerprint density at radius 2 is 1.94 bits per heavy atom. The third kappa shape index (κ3) is 2.63. The SMILES string of the molecule is CC[C@@H]1CCC(c2ccccc2C(F)(F)F)O1. The van der Waals surface area contributed by atoms with Crippen LogP contribution < -0.4 is 0 Å². The molecule has 1 aromatic carbocycles. The third-order valence-corrected chi connectivity index (χ3v) is 3.18. The molecular formula is C13H15F3O. The van der Waals surface area contributed by atoms with E-state index in [4.69, 9.17) is 4.74 Å². The average molecular weight is 244 g/mol. The molecule has 1 fully saturated rings. The normalized spacial score (nSPS) is 25.2. The number of alkyl halides is 3. The minimum absolute atomic E-state index is 0.0984. The molecule has 1 aromatic rings. The second-order valence-electron chi connectivity index (χ2n) is 4.32. The molecular weight excluding hydrogens is 229 g/mol. The van der Waals surface area contributed by atoms with Crippen molar-refractivity contribution in [2.45, 2.75) is 44.6 Å². The van der Waals surface area contributed by atoms with Gasteiger partial charge >= 0.3 is 6.18 Å². The van der Waals surface area contributed by atoms with Gasteiger partial charge < -0.3 is 4.74 Å². The molecule has 1 unspecified atom stereocenters. The van der Waals surface area contributed by atoms with E-state index in [1.165, 1.54) is 12.1 Å². The molecule has 2 atom stereocenters. The van der Waals surface area contributed by atoms with Crippen LogP contribution in [0.4, 0.5) is 13.2 Å². The van der Waals surface area contributed by atoms with E-state index in [9.17, 15) is 13.2 Å². The molecule has 1 aliphatic rings. The van der Waals surface area contributed by atoms with Gasteiger partial charge in [0.2, 0.25) is 0 Å². The van der Waals surface area contributed by atoms with Crippen molar-refractivity contribution >= 4 is 0 Å². The summed E-state index contributed by atoms with van der Waals surface area (Å²) in [6.45, 7) is 1.99. The largest absolute Gasteiger partial charge is 0.416 e. The maximum atomic E-state index is 12.8. The van der Waals surface area contributed by atoms with Crippen molar-refractivity contribution in [2.24, 2.45) is 0 Å². The molecule has 0 radical (unpaired) electrons. The van der Waals surface area contributed by atoms with Crippen molar-refractivity contribution in [3.05, 3.63) is 35.4 Å². The van der Waals surface area contributed by atoms with E-state index in [-0.39, 0.29) is 11.7 Å². The van der Waals surface area contributed by atoms with Crippen molar-refractivity contribution in [1.82, 2.24) is 0 Å². The standard InChI is InChI=1S/C13H15F3O/c1-2-9-7-8-12(17-9)10-5-3-4-6-11(10)13(14,15)16/h3-6,9,12H,2,7-8H2,1H3/t9-,12?/m1/s1. The van der Waals surface area contributed by atoms with E-state index >= 15 is 0 Å². The summed E-state index contributed by atoms with van der Waals surface area (Å²) in [5.74, 6) is 0. The van der Waals surface area contributed by atoms with Gasteiger partial charge in [-0.25, -0.2) is 0 Å². The molecule has 17 heavy (non-hydrogen) atoms. The predicted octanol–water partition coefficient (Wildman–Crippen LogP) is 4.34. The molecule has 94 valence electrons. The predicted molar refractivity (Wildman–Crippen MR) is 58.6 cm³/mol. The Morgan fingerprint density at radius 3 is 2.53 bits per heavy atom. The lowest BCUT2D eigenvalue weighted by Gasteiger charge is -2.18. The van der Waals surface area contributed by atoms with Crippen LogP contribution in [0.3, 0.4) is 0 Å². The summed E-state index contributed by atoms with van der Waals surface area (Å²) >= 11 is 0. The van der Waals surface area contributed by atoms with Gasteiger partial charge in [0.05, 0.1) is 17.8 Å². The van der Waals surface area contributed by atoms with Crippen LogP contribution >= 0.6 is 0 Å². The molecule has 1 heterocycles. The van der Waals surface area contributed by atoms with E-state index in [0.29, 0.717) is 6.42 Å². The Labute approximate surface area is 98.6 Å². The fourth-order valence-electron chi connectivity index (χ4n) is 2.27. The fourth-order valence-corrected chi connectivity index (χ4v) is 2.27. The van der Waals surface area contributed by atoms with Crippen LogP contribution in [-0.2, 0) is 10.9 Å². The van der Waals surface area contributed by atoms with Gasteiger partial charge in [0.15, 0.2) is 0 Å². The lowest BCUT2D eigenvalue weighted by atomic mass is 10.00. The van der Waals surface area contributed by atoms with Crippen LogP contribution in [0, 0.1) is 0 Å². The Hall–Kier alpha value is -1.03. The topological polar surface area (TPSA) is 9.23 Å². The van der Waals surface area contributed by atoms with Crippen LogP contribution in [0.25, 0.3) is 0 Å².